The van der Waals surface area contributed by atoms with Gasteiger partial charge in [-0.25, -0.2) is 4.68 Å². The first kappa shape index (κ1) is 17.0. The summed E-state index contributed by atoms with van der Waals surface area (Å²) in [6, 6.07) is 8.77. The number of nitrogens with zero attached hydrogens (tertiary/aromatic N) is 4. The van der Waals surface area contributed by atoms with Crippen molar-refractivity contribution < 1.29 is 4.79 Å². The standard InChI is InChI=1S/C17H23N5OS/c1-12(2)22-16(19-20-21-22)10-24-11-17(23)18-15-9-5-7-13-6-3-4-8-14(13)15/h3-4,6,8,12,15H,5,7,9-11H2,1-2H3,(H,18,23). The largest absolute Gasteiger partial charge is 0.349 e. The molecule has 1 unspecified atom stereocenters. The van der Waals surface area contributed by atoms with Gasteiger partial charge >= 0.3 is 0 Å². The highest BCUT2D eigenvalue weighted by molar-refractivity contribution is 7.99. The summed E-state index contributed by atoms with van der Waals surface area (Å²) in [6.45, 7) is 4.08. The second-order valence-corrected chi connectivity index (χ2v) is 7.32. The van der Waals surface area contributed by atoms with Crippen LogP contribution in [0.5, 0.6) is 0 Å². The molecule has 1 heterocycles. The summed E-state index contributed by atoms with van der Waals surface area (Å²) in [7, 11) is 0. The molecule has 2 aromatic rings. The molecule has 7 heteroatoms. The predicted octanol–water partition coefficient (Wildman–Crippen LogP) is 2.68. The minimum atomic E-state index is 0.0743. The number of hydrogen-bond donors (Lipinski definition) is 1. The number of tetrazole rings is 1. The Kier molecular flexibility index (Phi) is 5.50. The Balaban J connectivity index is 1.51. The van der Waals surface area contributed by atoms with Crippen LogP contribution in [-0.4, -0.2) is 31.9 Å². The van der Waals surface area contributed by atoms with Crippen molar-refractivity contribution in [1.82, 2.24) is 25.5 Å². The maximum absolute atomic E-state index is 12.3. The normalized spacial score (nSPS) is 16.9. The van der Waals surface area contributed by atoms with Gasteiger partial charge in [0.2, 0.25) is 5.91 Å². The van der Waals surface area contributed by atoms with E-state index >= 15 is 0 Å². The van der Waals surface area contributed by atoms with Crippen LogP contribution in [0.3, 0.4) is 0 Å². The highest BCUT2D eigenvalue weighted by Crippen LogP contribution is 2.29. The lowest BCUT2D eigenvalue weighted by molar-refractivity contribution is -0.119. The topological polar surface area (TPSA) is 72.7 Å². The first-order valence-corrected chi connectivity index (χ1v) is 9.52. The van der Waals surface area contributed by atoms with Crippen LogP contribution in [0.4, 0.5) is 0 Å². The predicted molar refractivity (Wildman–Crippen MR) is 94.6 cm³/mol. The number of benzene rings is 1. The number of hydrogen-bond acceptors (Lipinski definition) is 5. The van der Waals surface area contributed by atoms with Crippen LogP contribution in [0, 0.1) is 0 Å². The fourth-order valence-electron chi connectivity index (χ4n) is 3.08. The Hall–Kier alpha value is -1.89. The monoisotopic (exact) mass is 345 g/mol. The van der Waals surface area contributed by atoms with Crippen molar-refractivity contribution in [2.75, 3.05) is 5.75 Å². The minimum absolute atomic E-state index is 0.0743. The number of aromatic nitrogens is 4. The summed E-state index contributed by atoms with van der Waals surface area (Å²) in [5.41, 5.74) is 2.63. The van der Waals surface area contributed by atoms with Crippen molar-refractivity contribution in [1.29, 1.82) is 0 Å². The van der Waals surface area contributed by atoms with Gasteiger partial charge in [0.05, 0.1) is 23.6 Å². The molecule has 0 bridgehead atoms. The van der Waals surface area contributed by atoms with Gasteiger partial charge in [0.15, 0.2) is 5.82 Å². The summed E-state index contributed by atoms with van der Waals surface area (Å²) in [5, 5.41) is 14.9. The summed E-state index contributed by atoms with van der Waals surface area (Å²) >= 11 is 1.55. The molecule has 3 rings (SSSR count). The molecular formula is C17H23N5OS. The molecule has 1 N–H and O–H groups in total. The zero-order chi connectivity index (χ0) is 16.9. The van der Waals surface area contributed by atoms with Gasteiger partial charge in [0.1, 0.15) is 0 Å². The van der Waals surface area contributed by atoms with Crippen LogP contribution in [0.1, 0.15) is 55.7 Å². The molecule has 1 atom stereocenters. The van der Waals surface area contributed by atoms with Crippen molar-refractivity contribution in [2.45, 2.75) is 50.9 Å². The van der Waals surface area contributed by atoms with E-state index in [1.54, 1.807) is 16.4 Å². The Morgan fingerprint density at radius 3 is 3.08 bits per heavy atom. The summed E-state index contributed by atoms with van der Waals surface area (Å²) in [6.07, 6.45) is 3.24. The van der Waals surface area contributed by atoms with Crippen LogP contribution in [0.25, 0.3) is 0 Å². The van der Waals surface area contributed by atoms with Gasteiger partial charge in [-0.2, -0.15) is 0 Å². The lowest BCUT2D eigenvalue weighted by atomic mass is 9.88. The van der Waals surface area contributed by atoms with E-state index in [1.807, 2.05) is 19.9 Å². The van der Waals surface area contributed by atoms with Gasteiger partial charge < -0.3 is 5.32 Å². The molecule has 128 valence electrons. The molecule has 6 nitrogen and oxygen atoms in total. The number of rotatable bonds is 6. The Labute approximate surface area is 146 Å². The zero-order valence-electron chi connectivity index (χ0n) is 14.1. The number of aryl methyl sites for hydroxylation is 1. The van der Waals surface area contributed by atoms with E-state index in [4.69, 9.17) is 0 Å². The third-order valence-electron chi connectivity index (χ3n) is 4.22. The number of thioether (sulfide) groups is 1. The van der Waals surface area contributed by atoms with E-state index in [-0.39, 0.29) is 18.0 Å². The van der Waals surface area contributed by atoms with Crippen LogP contribution in [0.15, 0.2) is 24.3 Å². The molecular weight excluding hydrogens is 322 g/mol. The molecule has 0 saturated heterocycles. The zero-order valence-corrected chi connectivity index (χ0v) is 14.9. The third kappa shape index (κ3) is 3.95. The number of carbonyl (C=O) groups excluding carboxylic acids is 1. The average Bonchev–Trinajstić information content (AvgIpc) is 3.04. The lowest BCUT2D eigenvalue weighted by Gasteiger charge is -2.26. The Morgan fingerprint density at radius 1 is 1.42 bits per heavy atom. The number of carbonyl (C=O) groups is 1. The van der Waals surface area contributed by atoms with Gasteiger partial charge in [-0.1, -0.05) is 24.3 Å². The van der Waals surface area contributed by atoms with E-state index in [9.17, 15) is 4.79 Å². The fraction of sp³-hybridized carbons (Fsp3) is 0.529. The molecule has 24 heavy (non-hydrogen) atoms. The van der Waals surface area contributed by atoms with Gasteiger partial charge in [-0.3, -0.25) is 4.79 Å². The molecule has 1 aliphatic carbocycles. The highest BCUT2D eigenvalue weighted by Gasteiger charge is 2.21. The molecule has 1 aromatic carbocycles. The van der Waals surface area contributed by atoms with Crippen LogP contribution >= 0.6 is 11.8 Å². The second kappa shape index (κ2) is 7.79. The van der Waals surface area contributed by atoms with Gasteiger partial charge in [0, 0.05) is 0 Å². The van der Waals surface area contributed by atoms with E-state index in [0.717, 1.165) is 25.1 Å². The lowest BCUT2D eigenvalue weighted by Crippen LogP contribution is -2.32. The number of fused-ring (bicyclic) bond motifs is 1. The average molecular weight is 345 g/mol. The van der Waals surface area contributed by atoms with Crippen LogP contribution in [-0.2, 0) is 17.0 Å². The van der Waals surface area contributed by atoms with Crippen molar-refractivity contribution in [3.05, 3.63) is 41.2 Å². The minimum Gasteiger partial charge on any atom is -0.349 e. The number of amides is 1. The van der Waals surface area contributed by atoms with Crippen molar-refractivity contribution in [2.24, 2.45) is 0 Å². The Bertz CT molecular complexity index is 700. The molecule has 1 aromatic heterocycles. The smallest absolute Gasteiger partial charge is 0.230 e. The number of nitrogens with one attached hydrogen (secondary N) is 1. The molecule has 0 aliphatic heterocycles. The first-order valence-electron chi connectivity index (χ1n) is 8.37. The molecule has 0 radical (unpaired) electrons. The molecule has 1 amide bonds. The first-order chi connectivity index (χ1) is 11.6. The quantitative estimate of drug-likeness (QED) is 0.871. The maximum atomic E-state index is 12.3. The highest BCUT2D eigenvalue weighted by atomic mass is 32.2. The van der Waals surface area contributed by atoms with E-state index < -0.39 is 0 Å². The van der Waals surface area contributed by atoms with Gasteiger partial charge in [0.25, 0.3) is 0 Å². The van der Waals surface area contributed by atoms with E-state index in [1.165, 1.54) is 11.1 Å². The summed E-state index contributed by atoms with van der Waals surface area (Å²) in [5.74, 6) is 1.94. The van der Waals surface area contributed by atoms with Crippen molar-refractivity contribution in [3.8, 4) is 0 Å². The third-order valence-corrected chi connectivity index (χ3v) is 5.15. The summed E-state index contributed by atoms with van der Waals surface area (Å²) in [4.78, 5) is 12.3. The van der Waals surface area contributed by atoms with Crippen LogP contribution in [0.2, 0.25) is 0 Å². The van der Waals surface area contributed by atoms with Crippen LogP contribution < -0.4 is 5.32 Å². The van der Waals surface area contributed by atoms with E-state index in [0.29, 0.717) is 11.5 Å². The van der Waals surface area contributed by atoms with Gasteiger partial charge in [-0.05, 0) is 54.7 Å². The van der Waals surface area contributed by atoms with E-state index in [2.05, 4.69) is 39.0 Å². The second-order valence-electron chi connectivity index (χ2n) is 6.34. The van der Waals surface area contributed by atoms with Gasteiger partial charge in [-0.15, -0.1) is 16.9 Å². The molecule has 0 fully saturated rings. The fourth-order valence-corrected chi connectivity index (χ4v) is 3.83. The molecule has 0 spiro atoms. The summed E-state index contributed by atoms with van der Waals surface area (Å²) < 4.78 is 1.79. The van der Waals surface area contributed by atoms with Crippen molar-refractivity contribution >= 4 is 17.7 Å². The van der Waals surface area contributed by atoms with Crippen molar-refractivity contribution in [3.63, 3.8) is 0 Å². The maximum Gasteiger partial charge on any atom is 0.230 e. The SMILES string of the molecule is CC(C)n1nnnc1CSCC(=O)NC1CCCc2ccccc21. The molecule has 1 aliphatic rings. The molecule has 0 saturated carbocycles. The Morgan fingerprint density at radius 2 is 2.25 bits per heavy atom.